The maximum Gasteiger partial charge on any atom is 0.0742 e. The smallest absolute Gasteiger partial charge is 0.0742 e. The molecule has 0 radical (unpaired) electrons. The van der Waals surface area contributed by atoms with Crippen LogP contribution in [0.25, 0.3) is 71.6 Å². The fraction of sp³-hybridized carbons (Fsp3) is 0.0154. The average Bonchev–Trinajstić information content (AvgIpc) is 3.75. The molecule has 314 valence electrons. The Bertz CT molecular complexity index is 3770. The van der Waals surface area contributed by atoms with Crippen molar-refractivity contribution in [3.05, 3.63) is 289 Å². The van der Waals surface area contributed by atoms with Gasteiger partial charge in [-0.05, 0) is 115 Å². The lowest BCUT2D eigenvalue weighted by Gasteiger charge is -2.41. The van der Waals surface area contributed by atoms with Gasteiger partial charge in [-0.25, -0.2) is 0 Å². The number of benzene rings is 11. The molecule has 67 heavy (non-hydrogen) atoms. The van der Waals surface area contributed by atoms with Crippen LogP contribution < -0.4 is 4.90 Å². The summed E-state index contributed by atoms with van der Waals surface area (Å²) in [6, 6.07) is 98.0. The lowest BCUT2D eigenvalue weighted by molar-refractivity contribution is 0.728. The summed E-state index contributed by atoms with van der Waals surface area (Å²) in [4.78, 5) is 2.38. The molecule has 1 aliphatic heterocycles. The van der Waals surface area contributed by atoms with Crippen molar-refractivity contribution in [1.82, 2.24) is 4.57 Å². The number of hydrogen-bond donors (Lipinski definition) is 0. The normalized spacial score (nSPS) is 14.0. The van der Waals surface area contributed by atoms with E-state index in [1.165, 1.54) is 82.8 Å². The van der Waals surface area contributed by atoms with E-state index in [4.69, 9.17) is 0 Å². The second-order valence-corrected chi connectivity index (χ2v) is 17.6. The number of anilines is 3. The number of para-hydroxylation sites is 3. The van der Waals surface area contributed by atoms with Crippen molar-refractivity contribution in [2.75, 3.05) is 4.90 Å². The molecule has 2 heteroatoms. The summed E-state index contributed by atoms with van der Waals surface area (Å²) < 4.78 is 2.49. The number of nitrogens with zero attached hydrogens (tertiary/aromatic N) is 2. The fourth-order valence-electron chi connectivity index (χ4n) is 11.1. The first-order valence-corrected chi connectivity index (χ1v) is 23.2. The van der Waals surface area contributed by atoms with Gasteiger partial charge in [-0.3, -0.25) is 0 Å². The Kier molecular flexibility index (Phi) is 9.11. The molecule has 0 bridgehead atoms. The van der Waals surface area contributed by atoms with Gasteiger partial charge >= 0.3 is 0 Å². The number of hydrogen-bond acceptors (Lipinski definition) is 1. The van der Waals surface area contributed by atoms with Crippen molar-refractivity contribution in [1.29, 1.82) is 0 Å². The van der Waals surface area contributed by atoms with E-state index in [1.807, 2.05) is 0 Å². The minimum atomic E-state index is -0.553. The third-order valence-electron chi connectivity index (χ3n) is 14.1. The molecule has 0 saturated carbocycles. The van der Waals surface area contributed by atoms with Crippen LogP contribution in [-0.2, 0) is 5.41 Å². The van der Waals surface area contributed by atoms with E-state index in [2.05, 4.69) is 276 Å². The zero-order chi connectivity index (χ0) is 44.3. The Morgan fingerprint density at radius 1 is 0.313 bits per heavy atom. The quantitative estimate of drug-likeness (QED) is 0.148. The van der Waals surface area contributed by atoms with Crippen molar-refractivity contribution < 1.29 is 0 Å². The first-order chi connectivity index (χ1) is 33.2. The van der Waals surface area contributed by atoms with E-state index in [0.29, 0.717) is 0 Å². The Morgan fingerprint density at radius 3 is 1.63 bits per heavy atom. The van der Waals surface area contributed by atoms with Crippen molar-refractivity contribution >= 4 is 49.6 Å². The van der Waals surface area contributed by atoms with E-state index in [-0.39, 0.29) is 0 Å². The van der Waals surface area contributed by atoms with Crippen molar-refractivity contribution in [3.63, 3.8) is 0 Å². The van der Waals surface area contributed by atoms with Crippen LogP contribution >= 0.6 is 0 Å². The second kappa shape index (κ2) is 15.8. The van der Waals surface area contributed by atoms with Gasteiger partial charge in [0.05, 0.1) is 22.1 Å². The highest BCUT2D eigenvalue weighted by Gasteiger charge is 2.45. The fourth-order valence-corrected chi connectivity index (χ4v) is 11.1. The Morgan fingerprint density at radius 2 is 0.836 bits per heavy atom. The van der Waals surface area contributed by atoms with Crippen LogP contribution in [0, 0.1) is 0 Å². The Balaban J connectivity index is 0.935. The maximum absolute atomic E-state index is 2.49. The molecule has 0 spiro atoms. The van der Waals surface area contributed by atoms with Gasteiger partial charge < -0.3 is 9.47 Å². The first-order valence-electron chi connectivity index (χ1n) is 23.2. The number of aromatic nitrogens is 1. The molecule has 0 aliphatic carbocycles. The van der Waals surface area contributed by atoms with E-state index in [0.717, 1.165) is 28.2 Å². The summed E-state index contributed by atoms with van der Waals surface area (Å²) in [6.07, 6.45) is 0. The monoisotopic (exact) mass is 852 g/mol. The van der Waals surface area contributed by atoms with Gasteiger partial charge in [0.15, 0.2) is 0 Å². The molecule has 2 heterocycles. The van der Waals surface area contributed by atoms with Gasteiger partial charge in [-0.15, -0.1) is 0 Å². The van der Waals surface area contributed by atoms with Gasteiger partial charge in [-0.1, -0.05) is 218 Å². The van der Waals surface area contributed by atoms with Gasteiger partial charge in [0, 0.05) is 27.8 Å². The lowest BCUT2D eigenvalue weighted by atomic mass is 9.63. The van der Waals surface area contributed by atoms with E-state index >= 15 is 0 Å². The van der Waals surface area contributed by atoms with Crippen molar-refractivity contribution in [2.24, 2.45) is 0 Å². The summed E-state index contributed by atoms with van der Waals surface area (Å²) in [6.45, 7) is 0. The summed E-state index contributed by atoms with van der Waals surface area (Å²) in [5, 5.41) is 5.05. The average molecular weight is 853 g/mol. The third-order valence-corrected chi connectivity index (χ3v) is 14.1. The van der Waals surface area contributed by atoms with E-state index < -0.39 is 5.41 Å². The Labute approximate surface area is 390 Å². The van der Waals surface area contributed by atoms with Gasteiger partial charge in [0.2, 0.25) is 0 Å². The molecule has 1 unspecified atom stereocenters. The maximum atomic E-state index is 2.49. The molecule has 0 N–H and O–H groups in total. The second-order valence-electron chi connectivity index (χ2n) is 17.6. The molecule has 0 fully saturated rings. The van der Waals surface area contributed by atoms with Crippen LogP contribution in [0.1, 0.15) is 22.3 Å². The summed E-state index contributed by atoms with van der Waals surface area (Å²) in [5.41, 5.74) is 18.6. The highest BCUT2D eigenvalue weighted by Crippen LogP contribution is 2.54. The van der Waals surface area contributed by atoms with Crippen LogP contribution in [0.3, 0.4) is 0 Å². The lowest BCUT2D eigenvalue weighted by Crippen LogP contribution is -2.35. The van der Waals surface area contributed by atoms with Gasteiger partial charge in [0.1, 0.15) is 0 Å². The van der Waals surface area contributed by atoms with Crippen LogP contribution in [0.2, 0.25) is 0 Å². The molecule has 0 saturated heterocycles. The number of fused-ring (bicyclic) bond motifs is 6. The topological polar surface area (TPSA) is 8.17 Å². The predicted molar refractivity (Wildman–Crippen MR) is 281 cm³/mol. The molecule has 0 amide bonds. The molecule has 13 rings (SSSR count). The summed E-state index contributed by atoms with van der Waals surface area (Å²) in [7, 11) is 0. The molecule has 11 aromatic carbocycles. The standard InChI is InChI=1S/C65H44N2/c1-3-16-45(17-4-1)46-34-40-53(41-35-46)66(54-42-36-49(37-43-54)57-26-14-19-48-18-7-8-24-56(48)57)55-23-13-20-50(44-55)47-32-38-52(39-33-47)65(51-21-5-2-6-22-51)60-28-10-12-31-63(60)67-62-30-11-9-25-58(62)59-27-15-29-61(65)64(59)67/h1-44H. The van der Waals surface area contributed by atoms with E-state index in [9.17, 15) is 0 Å². The van der Waals surface area contributed by atoms with Crippen LogP contribution in [0.15, 0.2) is 267 Å². The third kappa shape index (κ3) is 6.18. The van der Waals surface area contributed by atoms with Gasteiger partial charge in [-0.2, -0.15) is 0 Å². The molecule has 2 nitrogen and oxygen atoms in total. The first kappa shape index (κ1) is 38.7. The molecular formula is C65H44N2. The minimum absolute atomic E-state index is 0.553. The SMILES string of the molecule is c1ccc(-c2ccc(N(c3ccc(-c4cccc5ccccc45)cc3)c3cccc(-c4ccc(C5(c6ccccc6)c6ccccc6-n6c7ccccc7c7cccc5c76)cc4)c3)cc2)cc1. The Hall–Kier alpha value is -8.72. The zero-order valence-corrected chi connectivity index (χ0v) is 36.8. The minimum Gasteiger partial charge on any atom is -0.310 e. The van der Waals surface area contributed by atoms with Crippen LogP contribution in [0.4, 0.5) is 17.1 Å². The zero-order valence-electron chi connectivity index (χ0n) is 36.8. The van der Waals surface area contributed by atoms with Gasteiger partial charge in [0.25, 0.3) is 0 Å². The summed E-state index contributed by atoms with van der Waals surface area (Å²) in [5.74, 6) is 0. The van der Waals surface area contributed by atoms with Crippen LogP contribution in [0.5, 0.6) is 0 Å². The highest BCUT2D eigenvalue weighted by molar-refractivity contribution is 6.12. The van der Waals surface area contributed by atoms with Crippen molar-refractivity contribution in [3.8, 4) is 39.1 Å². The van der Waals surface area contributed by atoms with Crippen LogP contribution in [-0.4, -0.2) is 4.57 Å². The summed E-state index contributed by atoms with van der Waals surface area (Å²) >= 11 is 0. The molecule has 1 atom stereocenters. The molecular weight excluding hydrogens is 809 g/mol. The highest BCUT2D eigenvalue weighted by atomic mass is 15.1. The molecule has 12 aromatic rings. The molecule has 1 aliphatic rings. The number of rotatable bonds is 8. The largest absolute Gasteiger partial charge is 0.310 e. The predicted octanol–water partition coefficient (Wildman–Crippen LogP) is 17.1. The van der Waals surface area contributed by atoms with Crippen molar-refractivity contribution in [2.45, 2.75) is 5.41 Å². The van der Waals surface area contributed by atoms with E-state index in [1.54, 1.807) is 0 Å². The molecule has 1 aromatic heterocycles.